The molecule has 0 heterocycles. The summed E-state index contributed by atoms with van der Waals surface area (Å²) in [5, 5.41) is 0. The first-order chi connectivity index (χ1) is 8.45. The number of carbonyl (C=O) groups excluding carboxylic acids is 1. The number of hydrogen-bond acceptors (Lipinski definition) is 1. The summed E-state index contributed by atoms with van der Waals surface area (Å²) in [4.78, 5) is 12.1. The van der Waals surface area contributed by atoms with Crippen molar-refractivity contribution in [3.05, 3.63) is 12.2 Å². The molecule has 0 bridgehead atoms. The molecule has 0 aromatic heterocycles. The van der Waals surface area contributed by atoms with Crippen LogP contribution >= 0.6 is 0 Å². The molecular formula is C17H26O. The van der Waals surface area contributed by atoms with Crippen molar-refractivity contribution in [3.8, 4) is 0 Å². The first-order valence-corrected chi connectivity index (χ1v) is 7.65. The molecule has 0 aromatic carbocycles. The zero-order chi connectivity index (χ0) is 13.0. The maximum atomic E-state index is 12.1. The van der Waals surface area contributed by atoms with Crippen LogP contribution in [0.1, 0.15) is 59.3 Å². The van der Waals surface area contributed by atoms with Crippen LogP contribution in [-0.4, -0.2) is 5.78 Å². The number of carbonyl (C=O) groups is 1. The Morgan fingerprint density at radius 2 is 1.94 bits per heavy atom. The first-order valence-electron chi connectivity index (χ1n) is 7.65. The van der Waals surface area contributed by atoms with E-state index in [1.54, 1.807) is 0 Å². The van der Waals surface area contributed by atoms with Gasteiger partial charge in [-0.15, -0.1) is 0 Å². The highest BCUT2D eigenvalue weighted by Crippen LogP contribution is 2.62. The zero-order valence-corrected chi connectivity index (χ0v) is 12.0. The second-order valence-corrected chi connectivity index (χ2v) is 7.73. The van der Waals surface area contributed by atoms with E-state index in [-0.39, 0.29) is 0 Å². The van der Waals surface area contributed by atoms with Crippen molar-refractivity contribution in [3.63, 3.8) is 0 Å². The molecule has 100 valence electrons. The molecule has 0 aromatic rings. The molecule has 3 rings (SSSR count). The van der Waals surface area contributed by atoms with Gasteiger partial charge in [-0.05, 0) is 60.8 Å². The minimum atomic E-state index is 0.338. The number of ketones is 1. The molecule has 1 heteroatoms. The summed E-state index contributed by atoms with van der Waals surface area (Å²) >= 11 is 0. The van der Waals surface area contributed by atoms with Gasteiger partial charge in [-0.2, -0.15) is 0 Å². The summed E-state index contributed by atoms with van der Waals surface area (Å²) in [6.07, 6.45) is 11.6. The molecule has 1 nitrogen and oxygen atoms in total. The van der Waals surface area contributed by atoms with Gasteiger partial charge in [0, 0.05) is 5.92 Å². The molecule has 18 heavy (non-hydrogen) atoms. The van der Waals surface area contributed by atoms with Gasteiger partial charge >= 0.3 is 0 Å². The van der Waals surface area contributed by atoms with Crippen LogP contribution in [0.3, 0.4) is 0 Å². The van der Waals surface area contributed by atoms with Gasteiger partial charge in [0.15, 0.2) is 5.78 Å². The summed E-state index contributed by atoms with van der Waals surface area (Å²) < 4.78 is 0. The standard InChI is InChI=1S/C17H26O/c1-16(2)10-5-11-17(3)13-6-4-7-14(18)12(13)8-9-15(16)17/h4,7,12-13,15H,5-6,8-11H2,1-3H3/t12-,13+,15+,17-/m1/s1. The van der Waals surface area contributed by atoms with Crippen molar-refractivity contribution in [2.75, 3.05) is 0 Å². The highest BCUT2D eigenvalue weighted by Gasteiger charge is 2.55. The average Bonchev–Trinajstić information content (AvgIpc) is 2.29. The third kappa shape index (κ3) is 1.62. The molecule has 3 aliphatic carbocycles. The van der Waals surface area contributed by atoms with Crippen LogP contribution < -0.4 is 0 Å². The van der Waals surface area contributed by atoms with E-state index in [1.165, 1.54) is 25.7 Å². The van der Waals surface area contributed by atoms with Gasteiger partial charge in [-0.3, -0.25) is 4.79 Å². The second-order valence-electron chi connectivity index (χ2n) is 7.73. The normalized spacial score (nSPS) is 46.4. The van der Waals surface area contributed by atoms with Crippen molar-refractivity contribution < 1.29 is 4.79 Å². The predicted octanol–water partition coefficient (Wildman–Crippen LogP) is 4.37. The van der Waals surface area contributed by atoms with E-state index in [0.29, 0.717) is 28.4 Å². The lowest BCUT2D eigenvalue weighted by Gasteiger charge is -2.59. The van der Waals surface area contributed by atoms with Crippen LogP contribution in [0.5, 0.6) is 0 Å². The van der Waals surface area contributed by atoms with Crippen molar-refractivity contribution in [2.45, 2.75) is 59.3 Å². The maximum absolute atomic E-state index is 12.1. The fraction of sp³-hybridized carbons (Fsp3) is 0.824. The molecule has 0 amide bonds. The van der Waals surface area contributed by atoms with E-state index in [2.05, 4.69) is 26.8 Å². The van der Waals surface area contributed by atoms with Crippen molar-refractivity contribution in [1.82, 2.24) is 0 Å². The van der Waals surface area contributed by atoms with Crippen LogP contribution in [0, 0.1) is 28.6 Å². The largest absolute Gasteiger partial charge is 0.295 e. The fourth-order valence-electron chi connectivity index (χ4n) is 5.57. The summed E-state index contributed by atoms with van der Waals surface area (Å²) in [5.41, 5.74) is 0.882. The SMILES string of the molecule is CC1(C)CCC[C@]2(C)[C@H]3CC=CC(=O)[C@@H]3CC[C@@H]12. The Hall–Kier alpha value is -0.590. The van der Waals surface area contributed by atoms with Crippen LogP contribution in [0.4, 0.5) is 0 Å². The molecule has 2 fully saturated rings. The number of allylic oxidation sites excluding steroid dienone is 2. The lowest BCUT2D eigenvalue weighted by molar-refractivity contribution is -0.136. The average molecular weight is 246 g/mol. The monoisotopic (exact) mass is 246 g/mol. The smallest absolute Gasteiger partial charge is 0.158 e. The summed E-state index contributed by atoms with van der Waals surface area (Å²) in [6.45, 7) is 7.40. The van der Waals surface area contributed by atoms with E-state index in [9.17, 15) is 4.79 Å². The van der Waals surface area contributed by atoms with E-state index < -0.39 is 0 Å². The minimum Gasteiger partial charge on any atom is -0.295 e. The predicted molar refractivity (Wildman–Crippen MR) is 74.2 cm³/mol. The van der Waals surface area contributed by atoms with E-state index in [4.69, 9.17) is 0 Å². The van der Waals surface area contributed by atoms with Gasteiger partial charge in [0.05, 0.1) is 0 Å². The van der Waals surface area contributed by atoms with E-state index >= 15 is 0 Å². The van der Waals surface area contributed by atoms with Gasteiger partial charge in [0.25, 0.3) is 0 Å². The van der Waals surface area contributed by atoms with Crippen molar-refractivity contribution in [1.29, 1.82) is 0 Å². The van der Waals surface area contributed by atoms with Gasteiger partial charge in [0.1, 0.15) is 0 Å². The molecular weight excluding hydrogens is 220 g/mol. The number of fused-ring (bicyclic) bond motifs is 3. The highest BCUT2D eigenvalue weighted by molar-refractivity contribution is 5.92. The molecule has 0 saturated heterocycles. The third-order valence-corrected chi connectivity index (χ3v) is 6.41. The molecule has 4 atom stereocenters. The minimum absolute atomic E-state index is 0.338. The second kappa shape index (κ2) is 3.95. The molecule has 0 spiro atoms. The summed E-state index contributed by atoms with van der Waals surface area (Å²) in [7, 11) is 0. The van der Waals surface area contributed by atoms with Gasteiger partial charge < -0.3 is 0 Å². The van der Waals surface area contributed by atoms with Crippen LogP contribution in [0.15, 0.2) is 12.2 Å². The zero-order valence-electron chi connectivity index (χ0n) is 12.0. The Labute approximate surface area is 111 Å². The Bertz CT molecular complexity index is 392. The van der Waals surface area contributed by atoms with Gasteiger partial charge in [-0.25, -0.2) is 0 Å². The van der Waals surface area contributed by atoms with E-state index in [0.717, 1.165) is 18.8 Å². The van der Waals surface area contributed by atoms with E-state index in [1.807, 2.05) is 6.08 Å². The topological polar surface area (TPSA) is 17.1 Å². The number of hydrogen-bond donors (Lipinski definition) is 0. The van der Waals surface area contributed by atoms with Crippen molar-refractivity contribution in [2.24, 2.45) is 28.6 Å². The lowest BCUT2D eigenvalue weighted by atomic mass is 9.45. The van der Waals surface area contributed by atoms with Crippen LogP contribution in [-0.2, 0) is 4.79 Å². The molecule has 0 N–H and O–H groups in total. The van der Waals surface area contributed by atoms with Crippen LogP contribution in [0.2, 0.25) is 0 Å². The molecule has 3 aliphatic rings. The lowest BCUT2D eigenvalue weighted by Crippen LogP contribution is -2.53. The van der Waals surface area contributed by atoms with Crippen molar-refractivity contribution >= 4 is 5.78 Å². The molecule has 0 aliphatic heterocycles. The Kier molecular flexibility index (Phi) is 2.73. The third-order valence-electron chi connectivity index (χ3n) is 6.41. The molecule has 0 radical (unpaired) electrons. The van der Waals surface area contributed by atoms with Gasteiger partial charge in [0.2, 0.25) is 0 Å². The maximum Gasteiger partial charge on any atom is 0.158 e. The highest BCUT2D eigenvalue weighted by atomic mass is 16.1. The summed E-state index contributed by atoms with van der Waals surface area (Å²) in [5.74, 6) is 2.19. The number of rotatable bonds is 0. The Balaban J connectivity index is 1.97. The quantitative estimate of drug-likeness (QED) is 0.620. The first kappa shape index (κ1) is 12.4. The Morgan fingerprint density at radius 1 is 1.17 bits per heavy atom. The van der Waals surface area contributed by atoms with Crippen LogP contribution in [0.25, 0.3) is 0 Å². The summed E-state index contributed by atoms with van der Waals surface area (Å²) in [6, 6.07) is 0. The van der Waals surface area contributed by atoms with Gasteiger partial charge in [-0.1, -0.05) is 33.3 Å². The fourth-order valence-corrected chi connectivity index (χ4v) is 5.57. The molecule has 0 unspecified atom stereocenters. The Morgan fingerprint density at radius 3 is 2.72 bits per heavy atom. The molecule has 2 saturated carbocycles.